The lowest BCUT2D eigenvalue weighted by Crippen LogP contribution is -2.23. The molecule has 2 heterocycles. The van der Waals surface area contributed by atoms with Crippen molar-refractivity contribution in [1.29, 1.82) is 0 Å². The van der Waals surface area contributed by atoms with Crippen LogP contribution in [0, 0.1) is 0 Å². The SMILES string of the molecule is C[C@@H](Sc1nc2ccccc2c(=O)n1C1CC1)c1nc2ccccc2c(=O)[nH]1. The average molecular weight is 390 g/mol. The van der Waals surface area contributed by atoms with Gasteiger partial charge in [-0.15, -0.1) is 0 Å². The minimum atomic E-state index is -0.157. The highest BCUT2D eigenvalue weighted by molar-refractivity contribution is 7.99. The van der Waals surface area contributed by atoms with Crippen LogP contribution >= 0.6 is 11.8 Å². The first-order valence-corrected chi connectivity index (χ1v) is 10.2. The van der Waals surface area contributed by atoms with E-state index < -0.39 is 0 Å². The Morgan fingerprint density at radius 1 is 1.00 bits per heavy atom. The summed E-state index contributed by atoms with van der Waals surface area (Å²) in [6.07, 6.45) is 1.99. The Morgan fingerprint density at radius 3 is 2.36 bits per heavy atom. The third-order valence-corrected chi connectivity index (χ3v) is 6.06. The monoisotopic (exact) mass is 390 g/mol. The van der Waals surface area contributed by atoms with E-state index in [9.17, 15) is 9.59 Å². The second-order valence-corrected chi connectivity index (χ2v) is 8.35. The average Bonchev–Trinajstić information content (AvgIpc) is 3.53. The smallest absolute Gasteiger partial charge is 0.262 e. The molecule has 0 aliphatic heterocycles. The van der Waals surface area contributed by atoms with Crippen LogP contribution in [0.5, 0.6) is 0 Å². The van der Waals surface area contributed by atoms with Crippen molar-refractivity contribution in [2.75, 3.05) is 0 Å². The van der Waals surface area contributed by atoms with Crippen LogP contribution in [-0.4, -0.2) is 19.5 Å². The predicted octanol–water partition coefficient (Wildman–Crippen LogP) is 3.82. The fraction of sp³-hybridized carbons (Fsp3) is 0.238. The Hall–Kier alpha value is -2.93. The van der Waals surface area contributed by atoms with Crippen molar-refractivity contribution < 1.29 is 0 Å². The summed E-state index contributed by atoms with van der Waals surface area (Å²) < 4.78 is 1.81. The van der Waals surface area contributed by atoms with E-state index in [0.29, 0.717) is 32.8 Å². The molecular weight excluding hydrogens is 372 g/mol. The van der Waals surface area contributed by atoms with E-state index in [0.717, 1.165) is 12.8 Å². The molecule has 1 saturated carbocycles. The summed E-state index contributed by atoms with van der Waals surface area (Å²) in [5.74, 6) is 0.582. The molecule has 0 unspecified atom stereocenters. The van der Waals surface area contributed by atoms with E-state index in [1.165, 1.54) is 11.8 Å². The fourth-order valence-electron chi connectivity index (χ4n) is 3.37. The second-order valence-electron chi connectivity index (χ2n) is 7.05. The van der Waals surface area contributed by atoms with Crippen LogP contribution < -0.4 is 11.1 Å². The van der Waals surface area contributed by atoms with Crippen LogP contribution in [0.1, 0.15) is 36.9 Å². The van der Waals surface area contributed by atoms with Crippen LogP contribution in [0.4, 0.5) is 0 Å². The lowest BCUT2D eigenvalue weighted by atomic mass is 10.2. The van der Waals surface area contributed by atoms with Crippen LogP contribution in [0.25, 0.3) is 21.8 Å². The van der Waals surface area contributed by atoms with E-state index in [1.807, 2.05) is 54.0 Å². The van der Waals surface area contributed by atoms with Crippen LogP contribution in [0.15, 0.2) is 63.3 Å². The van der Waals surface area contributed by atoms with E-state index >= 15 is 0 Å². The summed E-state index contributed by atoms with van der Waals surface area (Å²) >= 11 is 1.46. The number of nitrogens with one attached hydrogen (secondary N) is 1. The zero-order valence-electron chi connectivity index (χ0n) is 15.3. The van der Waals surface area contributed by atoms with Gasteiger partial charge < -0.3 is 4.98 Å². The normalized spacial score (nSPS) is 15.2. The van der Waals surface area contributed by atoms with Gasteiger partial charge in [-0.3, -0.25) is 14.2 Å². The Labute approximate surface area is 164 Å². The highest BCUT2D eigenvalue weighted by Gasteiger charge is 2.29. The van der Waals surface area contributed by atoms with Gasteiger partial charge in [0, 0.05) is 6.04 Å². The molecule has 1 aliphatic carbocycles. The highest BCUT2D eigenvalue weighted by atomic mass is 32.2. The molecule has 1 fully saturated rings. The molecule has 140 valence electrons. The number of thioether (sulfide) groups is 1. The number of aromatic nitrogens is 4. The van der Waals surface area contributed by atoms with E-state index in [4.69, 9.17) is 4.98 Å². The molecule has 0 saturated heterocycles. The first kappa shape index (κ1) is 17.2. The highest BCUT2D eigenvalue weighted by Crippen LogP contribution is 2.40. The molecule has 1 N–H and O–H groups in total. The van der Waals surface area contributed by atoms with Crippen molar-refractivity contribution in [2.24, 2.45) is 0 Å². The fourth-order valence-corrected chi connectivity index (χ4v) is 4.41. The summed E-state index contributed by atoms with van der Waals surface area (Å²) in [6.45, 7) is 1.97. The minimum Gasteiger partial charge on any atom is -0.309 e. The molecule has 2 aromatic heterocycles. The summed E-state index contributed by atoms with van der Waals surface area (Å²) in [7, 11) is 0. The number of para-hydroxylation sites is 2. The molecule has 6 nitrogen and oxygen atoms in total. The Bertz CT molecular complexity index is 1320. The molecule has 0 radical (unpaired) electrons. The molecule has 0 amide bonds. The molecule has 1 aliphatic rings. The van der Waals surface area contributed by atoms with Gasteiger partial charge in [0.05, 0.1) is 27.1 Å². The zero-order valence-corrected chi connectivity index (χ0v) is 16.1. The van der Waals surface area contributed by atoms with E-state index in [2.05, 4.69) is 9.97 Å². The minimum absolute atomic E-state index is 0.00256. The Balaban J connectivity index is 1.59. The number of fused-ring (bicyclic) bond motifs is 2. The van der Waals surface area contributed by atoms with Crippen molar-refractivity contribution in [3.63, 3.8) is 0 Å². The number of H-pyrrole nitrogens is 1. The van der Waals surface area contributed by atoms with Gasteiger partial charge in [0.25, 0.3) is 11.1 Å². The van der Waals surface area contributed by atoms with Crippen molar-refractivity contribution >= 4 is 33.6 Å². The van der Waals surface area contributed by atoms with Gasteiger partial charge in [0.2, 0.25) is 0 Å². The van der Waals surface area contributed by atoms with E-state index in [-0.39, 0.29) is 22.4 Å². The molecule has 0 bridgehead atoms. The van der Waals surface area contributed by atoms with Crippen molar-refractivity contribution in [1.82, 2.24) is 19.5 Å². The van der Waals surface area contributed by atoms with Gasteiger partial charge in [-0.25, -0.2) is 9.97 Å². The van der Waals surface area contributed by atoms with Crippen molar-refractivity contribution in [3.05, 3.63) is 75.1 Å². The lowest BCUT2D eigenvalue weighted by molar-refractivity contribution is 0.616. The number of aromatic amines is 1. The second kappa shape index (κ2) is 6.60. The Morgan fingerprint density at radius 2 is 1.64 bits per heavy atom. The van der Waals surface area contributed by atoms with Gasteiger partial charge in [0.15, 0.2) is 5.16 Å². The number of rotatable bonds is 4. The largest absolute Gasteiger partial charge is 0.309 e. The first-order valence-electron chi connectivity index (χ1n) is 9.29. The summed E-state index contributed by atoms with van der Waals surface area (Å²) in [4.78, 5) is 37.7. The maximum atomic E-state index is 13.0. The standard InChI is InChI=1S/C21H18N4O2S/c1-12(18-22-16-8-4-2-6-14(16)19(26)24-18)28-21-23-17-9-5-3-7-15(17)20(27)25(21)13-10-11-13/h2-9,12-13H,10-11H2,1H3,(H,22,24,26)/t12-/m1/s1. The van der Waals surface area contributed by atoms with Gasteiger partial charge >= 0.3 is 0 Å². The molecule has 28 heavy (non-hydrogen) atoms. The maximum absolute atomic E-state index is 13.0. The van der Waals surface area contributed by atoms with Crippen LogP contribution in [0.2, 0.25) is 0 Å². The number of hydrogen-bond acceptors (Lipinski definition) is 5. The first-order chi connectivity index (χ1) is 13.6. The number of benzene rings is 2. The molecule has 5 rings (SSSR count). The summed E-state index contributed by atoms with van der Waals surface area (Å²) in [5, 5.41) is 1.73. The van der Waals surface area contributed by atoms with Crippen LogP contribution in [-0.2, 0) is 0 Å². The van der Waals surface area contributed by atoms with Crippen molar-refractivity contribution in [2.45, 2.75) is 36.2 Å². The number of hydrogen-bond donors (Lipinski definition) is 1. The van der Waals surface area contributed by atoms with Gasteiger partial charge in [-0.05, 0) is 44.0 Å². The topological polar surface area (TPSA) is 80.6 Å². The molecule has 4 aromatic rings. The Kier molecular flexibility index (Phi) is 4.05. The molecule has 7 heteroatoms. The summed E-state index contributed by atoms with van der Waals surface area (Å²) in [5.41, 5.74) is 1.21. The summed E-state index contributed by atoms with van der Waals surface area (Å²) in [6, 6.07) is 14.9. The molecule has 1 atom stereocenters. The lowest BCUT2D eigenvalue weighted by Gasteiger charge is -2.16. The predicted molar refractivity (Wildman–Crippen MR) is 111 cm³/mol. The van der Waals surface area contributed by atoms with Gasteiger partial charge in [-0.1, -0.05) is 36.0 Å². The van der Waals surface area contributed by atoms with Crippen molar-refractivity contribution in [3.8, 4) is 0 Å². The van der Waals surface area contributed by atoms with Gasteiger partial charge in [-0.2, -0.15) is 0 Å². The third-order valence-electron chi connectivity index (χ3n) is 4.99. The molecule has 2 aromatic carbocycles. The zero-order chi connectivity index (χ0) is 19.3. The van der Waals surface area contributed by atoms with Gasteiger partial charge in [0.1, 0.15) is 5.82 Å². The molecular formula is C21H18N4O2S. The molecule has 0 spiro atoms. The number of nitrogens with zero attached hydrogens (tertiary/aromatic N) is 3. The van der Waals surface area contributed by atoms with Crippen LogP contribution in [0.3, 0.4) is 0 Å². The maximum Gasteiger partial charge on any atom is 0.262 e. The quantitative estimate of drug-likeness (QED) is 0.423. The third kappa shape index (κ3) is 2.92. The van der Waals surface area contributed by atoms with E-state index in [1.54, 1.807) is 6.07 Å².